The van der Waals surface area contributed by atoms with Crippen LogP contribution in [0.1, 0.15) is 31.3 Å². The van der Waals surface area contributed by atoms with E-state index in [9.17, 15) is 13.6 Å². The number of hydrogen-bond donors (Lipinski definition) is 1. The number of aromatic nitrogens is 2. The van der Waals surface area contributed by atoms with Crippen molar-refractivity contribution in [1.29, 1.82) is 0 Å². The van der Waals surface area contributed by atoms with E-state index < -0.39 is 6.61 Å². The summed E-state index contributed by atoms with van der Waals surface area (Å²) < 4.78 is 34.4. The normalized spacial score (nSPS) is 16.7. The van der Waals surface area contributed by atoms with Gasteiger partial charge in [-0.05, 0) is 45.0 Å². The quantitative estimate of drug-likeness (QED) is 0.508. The molecular formula is C25H29F2N5O3. The molecule has 0 spiro atoms. The van der Waals surface area contributed by atoms with Crippen molar-refractivity contribution in [2.24, 2.45) is 0 Å². The van der Waals surface area contributed by atoms with E-state index in [-0.39, 0.29) is 23.7 Å². The number of rotatable bonds is 8. The molecule has 0 saturated carbocycles. The van der Waals surface area contributed by atoms with Gasteiger partial charge in [-0.15, -0.1) is 0 Å². The Labute approximate surface area is 202 Å². The molecule has 0 unspecified atom stereocenters. The molecule has 1 saturated heterocycles. The monoisotopic (exact) mass is 485 g/mol. The van der Waals surface area contributed by atoms with Gasteiger partial charge in [0.2, 0.25) is 17.6 Å². The van der Waals surface area contributed by atoms with Gasteiger partial charge in [0.15, 0.2) is 0 Å². The van der Waals surface area contributed by atoms with Gasteiger partial charge in [-0.3, -0.25) is 14.6 Å². The molecule has 0 radical (unpaired) electrons. The SMILES string of the molecule is Cc1ccc(-c2noc([C@@H](C)N3CCN([C@@H](C)C(=O)Nc4ccc(OC(F)F)cc4)CC3)n2)cc1. The molecule has 1 fully saturated rings. The van der Waals surface area contributed by atoms with E-state index >= 15 is 0 Å². The van der Waals surface area contributed by atoms with E-state index in [1.165, 1.54) is 29.8 Å². The highest BCUT2D eigenvalue weighted by atomic mass is 19.3. The van der Waals surface area contributed by atoms with Crippen LogP contribution in [0, 0.1) is 6.92 Å². The molecule has 2 aromatic carbocycles. The maximum absolute atomic E-state index is 12.7. The number of piperazine rings is 1. The minimum absolute atomic E-state index is 0.0399. The number of amides is 1. The van der Waals surface area contributed by atoms with Gasteiger partial charge in [-0.1, -0.05) is 35.0 Å². The van der Waals surface area contributed by atoms with Crippen molar-refractivity contribution < 1.29 is 22.8 Å². The summed E-state index contributed by atoms with van der Waals surface area (Å²) in [7, 11) is 0. The number of carbonyl (C=O) groups is 1. The predicted molar refractivity (Wildman–Crippen MR) is 127 cm³/mol. The average Bonchev–Trinajstić information content (AvgIpc) is 3.35. The van der Waals surface area contributed by atoms with Crippen LogP contribution in [0.2, 0.25) is 0 Å². The fourth-order valence-electron chi connectivity index (χ4n) is 4.03. The molecule has 1 amide bonds. The number of nitrogens with one attached hydrogen (secondary N) is 1. The Bertz CT molecular complexity index is 1110. The fraction of sp³-hybridized carbons (Fsp3) is 0.400. The first-order valence-electron chi connectivity index (χ1n) is 11.5. The number of carbonyl (C=O) groups excluding carboxylic acids is 1. The average molecular weight is 486 g/mol. The summed E-state index contributed by atoms with van der Waals surface area (Å²) in [5.74, 6) is 1.03. The highest BCUT2D eigenvalue weighted by molar-refractivity contribution is 5.94. The van der Waals surface area contributed by atoms with Gasteiger partial charge in [0, 0.05) is 37.4 Å². The molecule has 3 aromatic rings. The molecule has 1 aliphatic rings. The van der Waals surface area contributed by atoms with E-state index in [1.807, 2.05) is 45.0 Å². The second kappa shape index (κ2) is 10.9. The summed E-state index contributed by atoms with van der Waals surface area (Å²) in [5, 5.41) is 6.97. The Morgan fingerprint density at radius 3 is 2.26 bits per heavy atom. The van der Waals surface area contributed by atoms with Crippen LogP contribution in [-0.4, -0.2) is 64.7 Å². The van der Waals surface area contributed by atoms with Crippen molar-refractivity contribution in [3.05, 3.63) is 60.0 Å². The zero-order valence-corrected chi connectivity index (χ0v) is 19.9. The van der Waals surface area contributed by atoms with Gasteiger partial charge in [0.05, 0.1) is 12.1 Å². The highest BCUT2D eigenvalue weighted by Gasteiger charge is 2.30. The van der Waals surface area contributed by atoms with Crippen LogP contribution in [0.4, 0.5) is 14.5 Å². The number of nitrogens with zero attached hydrogens (tertiary/aromatic N) is 4. The lowest BCUT2D eigenvalue weighted by Crippen LogP contribution is -2.53. The van der Waals surface area contributed by atoms with Gasteiger partial charge in [-0.2, -0.15) is 13.8 Å². The highest BCUT2D eigenvalue weighted by Crippen LogP contribution is 2.24. The number of halogens is 2. The van der Waals surface area contributed by atoms with Crippen LogP contribution in [0.15, 0.2) is 53.1 Å². The van der Waals surface area contributed by atoms with Gasteiger partial charge < -0.3 is 14.6 Å². The molecule has 2 atom stereocenters. The standard InChI is InChI=1S/C25H29F2N5O3/c1-16-4-6-19(7-5-16)22-29-24(35-30-22)18(3)32-14-12-31(13-15-32)17(2)23(33)28-20-8-10-21(11-9-20)34-25(26)27/h4-11,17-18,25H,12-15H2,1-3H3,(H,28,33)/t17-,18+/m0/s1. The van der Waals surface area contributed by atoms with Crippen molar-refractivity contribution in [2.45, 2.75) is 39.5 Å². The summed E-state index contributed by atoms with van der Waals surface area (Å²) in [5.41, 5.74) is 2.61. The van der Waals surface area contributed by atoms with Crippen LogP contribution in [0.5, 0.6) is 5.75 Å². The van der Waals surface area contributed by atoms with Crippen LogP contribution in [0.25, 0.3) is 11.4 Å². The Hall–Kier alpha value is -3.37. The lowest BCUT2D eigenvalue weighted by molar-refractivity contribution is -0.121. The van der Waals surface area contributed by atoms with Crippen molar-refractivity contribution in [1.82, 2.24) is 19.9 Å². The van der Waals surface area contributed by atoms with Crippen molar-refractivity contribution >= 4 is 11.6 Å². The third kappa shape index (κ3) is 6.20. The number of ether oxygens (including phenoxy) is 1. The lowest BCUT2D eigenvalue weighted by Gasteiger charge is -2.39. The van der Waals surface area contributed by atoms with Crippen LogP contribution in [0.3, 0.4) is 0 Å². The fourth-order valence-corrected chi connectivity index (χ4v) is 4.03. The summed E-state index contributed by atoms with van der Waals surface area (Å²) >= 11 is 0. The first kappa shape index (κ1) is 24.7. The number of benzene rings is 2. The van der Waals surface area contributed by atoms with Crippen molar-refractivity contribution in [3.63, 3.8) is 0 Å². The molecule has 4 rings (SSSR count). The molecule has 10 heteroatoms. The Morgan fingerprint density at radius 1 is 1.00 bits per heavy atom. The molecular weight excluding hydrogens is 456 g/mol. The topological polar surface area (TPSA) is 83.7 Å². The van der Waals surface area contributed by atoms with E-state index in [4.69, 9.17) is 4.52 Å². The maximum atomic E-state index is 12.7. The number of aryl methyl sites for hydroxylation is 1. The minimum atomic E-state index is -2.88. The first-order valence-corrected chi connectivity index (χ1v) is 11.5. The maximum Gasteiger partial charge on any atom is 0.387 e. The third-order valence-corrected chi connectivity index (χ3v) is 6.28. The number of anilines is 1. The van der Waals surface area contributed by atoms with E-state index in [1.54, 1.807) is 0 Å². The largest absolute Gasteiger partial charge is 0.435 e. The zero-order valence-electron chi connectivity index (χ0n) is 19.9. The molecule has 8 nitrogen and oxygen atoms in total. The predicted octanol–water partition coefficient (Wildman–Crippen LogP) is 4.35. The van der Waals surface area contributed by atoms with E-state index in [2.05, 4.69) is 30.0 Å². The number of alkyl halides is 2. The molecule has 0 bridgehead atoms. The Balaban J connectivity index is 1.28. The molecule has 186 valence electrons. The van der Waals surface area contributed by atoms with Crippen LogP contribution in [-0.2, 0) is 4.79 Å². The third-order valence-electron chi connectivity index (χ3n) is 6.28. The number of hydrogen-bond acceptors (Lipinski definition) is 7. The summed E-state index contributed by atoms with van der Waals surface area (Å²) in [6.45, 7) is 5.96. The van der Waals surface area contributed by atoms with Gasteiger partial charge in [0.1, 0.15) is 5.75 Å². The van der Waals surface area contributed by atoms with Crippen molar-refractivity contribution in [2.75, 3.05) is 31.5 Å². The molecule has 1 aromatic heterocycles. The van der Waals surface area contributed by atoms with E-state index in [0.29, 0.717) is 30.5 Å². The first-order chi connectivity index (χ1) is 16.8. The summed E-state index contributed by atoms with van der Waals surface area (Å²) in [6, 6.07) is 13.5. The van der Waals surface area contributed by atoms with Gasteiger partial charge in [-0.25, -0.2) is 0 Å². The second-order valence-electron chi connectivity index (χ2n) is 8.64. The van der Waals surface area contributed by atoms with Gasteiger partial charge >= 0.3 is 6.61 Å². The van der Waals surface area contributed by atoms with Crippen LogP contribution >= 0.6 is 0 Å². The molecule has 0 aliphatic carbocycles. The molecule has 1 aliphatic heterocycles. The second-order valence-corrected chi connectivity index (χ2v) is 8.64. The van der Waals surface area contributed by atoms with Crippen LogP contribution < -0.4 is 10.1 Å². The smallest absolute Gasteiger partial charge is 0.387 e. The lowest BCUT2D eigenvalue weighted by atomic mass is 10.1. The summed E-state index contributed by atoms with van der Waals surface area (Å²) in [4.78, 5) is 21.7. The van der Waals surface area contributed by atoms with Crippen molar-refractivity contribution in [3.8, 4) is 17.1 Å². The zero-order chi connectivity index (χ0) is 24.9. The molecule has 35 heavy (non-hydrogen) atoms. The Morgan fingerprint density at radius 2 is 1.63 bits per heavy atom. The van der Waals surface area contributed by atoms with Gasteiger partial charge in [0.25, 0.3) is 0 Å². The minimum Gasteiger partial charge on any atom is -0.435 e. The summed E-state index contributed by atoms with van der Waals surface area (Å²) in [6.07, 6.45) is 0. The Kier molecular flexibility index (Phi) is 7.72. The molecule has 1 N–H and O–H groups in total. The molecule has 2 heterocycles. The van der Waals surface area contributed by atoms with E-state index in [0.717, 1.165) is 18.7 Å².